The van der Waals surface area contributed by atoms with Gasteiger partial charge in [0.05, 0.1) is 36.1 Å². The number of ether oxygens (including phenoxy) is 1. The number of hydroxylamine groups is 2. The highest BCUT2D eigenvalue weighted by molar-refractivity contribution is 9.10. The summed E-state index contributed by atoms with van der Waals surface area (Å²) in [6.07, 6.45) is 3.60. The summed E-state index contributed by atoms with van der Waals surface area (Å²) in [5, 5.41) is 9.33. The molecule has 3 aromatic rings. The highest BCUT2D eigenvalue weighted by Gasteiger charge is 2.29. The van der Waals surface area contributed by atoms with Crippen molar-refractivity contribution in [1.29, 1.82) is 0 Å². The Morgan fingerprint density at radius 3 is 3.08 bits per heavy atom. The van der Waals surface area contributed by atoms with Gasteiger partial charge >= 0.3 is 0 Å². The molecule has 1 aliphatic heterocycles. The van der Waals surface area contributed by atoms with Gasteiger partial charge in [-0.1, -0.05) is 22.0 Å². The van der Waals surface area contributed by atoms with Crippen LogP contribution in [0.2, 0.25) is 0 Å². The predicted octanol–water partition coefficient (Wildman–Crippen LogP) is 3.23. The fourth-order valence-electron chi connectivity index (χ4n) is 3.18. The number of nitrogens with one attached hydrogen (secondary N) is 1. The molecule has 0 spiro atoms. The molecule has 3 heterocycles. The fourth-order valence-corrected chi connectivity index (χ4v) is 3.53. The number of rotatable bonds is 4. The van der Waals surface area contributed by atoms with Crippen molar-refractivity contribution >= 4 is 32.7 Å². The number of H-pyrrole nitrogens is 1. The highest BCUT2D eigenvalue weighted by atomic mass is 79.9. The van der Waals surface area contributed by atoms with Crippen molar-refractivity contribution in [1.82, 2.24) is 20.2 Å². The van der Waals surface area contributed by atoms with E-state index < -0.39 is 6.10 Å². The molecule has 1 aliphatic rings. The molecule has 26 heavy (non-hydrogen) atoms. The predicted molar refractivity (Wildman–Crippen MR) is 98.5 cm³/mol. The molecule has 0 bridgehead atoms. The molecule has 1 fully saturated rings. The van der Waals surface area contributed by atoms with Gasteiger partial charge in [-0.05, 0) is 30.2 Å². The van der Waals surface area contributed by atoms with E-state index in [1.54, 1.807) is 13.3 Å². The van der Waals surface area contributed by atoms with Crippen molar-refractivity contribution in [3.8, 4) is 0 Å². The lowest BCUT2D eigenvalue weighted by atomic mass is 9.99. The minimum absolute atomic E-state index is 0.214. The lowest BCUT2D eigenvalue weighted by Gasteiger charge is -2.19. The summed E-state index contributed by atoms with van der Waals surface area (Å²) >= 11 is 3.47. The second-order valence-electron chi connectivity index (χ2n) is 5.97. The summed E-state index contributed by atoms with van der Waals surface area (Å²) in [4.78, 5) is 22.6. The number of hydrogen-bond donors (Lipinski definition) is 1. The zero-order chi connectivity index (χ0) is 18.1. The molecule has 2 aromatic heterocycles. The smallest absolute Gasteiger partial charge is 0.281 e. The van der Waals surface area contributed by atoms with E-state index in [9.17, 15) is 4.79 Å². The lowest BCUT2D eigenvalue weighted by Crippen LogP contribution is -2.27. The van der Waals surface area contributed by atoms with Gasteiger partial charge < -0.3 is 4.74 Å². The van der Waals surface area contributed by atoms with Gasteiger partial charge in [-0.3, -0.25) is 19.7 Å². The zero-order valence-electron chi connectivity index (χ0n) is 14.1. The number of methoxy groups -OCH3 is 1. The number of carbonyl (C=O) groups is 1. The quantitative estimate of drug-likeness (QED) is 0.705. The molecular formula is C18H17BrN4O3. The summed E-state index contributed by atoms with van der Waals surface area (Å²) in [6, 6.07) is 7.78. The Bertz CT molecular complexity index is 953. The van der Waals surface area contributed by atoms with Crippen LogP contribution >= 0.6 is 15.9 Å². The van der Waals surface area contributed by atoms with Crippen LogP contribution in [0.3, 0.4) is 0 Å². The van der Waals surface area contributed by atoms with Crippen LogP contribution in [0.5, 0.6) is 0 Å². The van der Waals surface area contributed by atoms with Gasteiger partial charge in [-0.15, -0.1) is 0 Å². The molecule has 0 saturated carbocycles. The molecule has 8 heteroatoms. The Morgan fingerprint density at radius 2 is 2.31 bits per heavy atom. The Hall–Kier alpha value is -2.29. The average Bonchev–Trinajstić information content (AvgIpc) is 3.34. The number of pyridine rings is 1. The normalized spacial score (nSPS) is 15.5. The van der Waals surface area contributed by atoms with Crippen LogP contribution in [0.4, 0.5) is 0 Å². The maximum absolute atomic E-state index is 12.8. The summed E-state index contributed by atoms with van der Waals surface area (Å²) < 4.78 is 6.70. The van der Waals surface area contributed by atoms with E-state index in [2.05, 4.69) is 31.1 Å². The first kappa shape index (κ1) is 17.1. The molecule has 1 atom stereocenters. The molecule has 1 aromatic carbocycles. The van der Waals surface area contributed by atoms with Crippen molar-refractivity contribution in [3.05, 3.63) is 58.0 Å². The Kier molecular flexibility index (Phi) is 4.71. The van der Waals surface area contributed by atoms with Crippen LogP contribution in [0.25, 0.3) is 10.9 Å². The standard InChI is InChI=1S/C18H17BrN4O3/c1-25-17(13-5-6-20-15-9-11(19)3-4-12(13)15)16-14(10-21-22-16)18(24)23-7-2-8-26-23/h3-6,9-10,17H,2,7-8H2,1H3,(H,21,22). The van der Waals surface area contributed by atoms with Crippen LogP contribution in [0.1, 0.15) is 34.1 Å². The van der Waals surface area contributed by atoms with E-state index in [0.29, 0.717) is 24.4 Å². The third-order valence-corrected chi connectivity index (χ3v) is 4.89. The topological polar surface area (TPSA) is 80.3 Å². The van der Waals surface area contributed by atoms with Crippen LogP contribution < -0.4 is 0 Å². The number of hydrogen-bond acceptors (Lipinski definition) is 5. The monoisotopic (exact) mass is 416 g/mol. The maximum Gasteiger partial charge on any atom is 0.281 e. The van der Waals surface area contributed by atoms with Crippen molar-refractivity contribution in [2.75, 3.05) is 20.3 Å². The highest BCUT2D eigenvalue weighted by Crippen LogP contribution is 2.32. The molecule has 1 amide bonds. The molecule has 0 aliphatic carbocycles. The molecule has 0 radical (unpaired) electrons. The van der Waals surface area contributed by atoms with Crippen molar-refractivity contribution < 1.29 is 14.4 Å². The van der Waals surface area contributed by atoms with E-state index in [0.717, 1.165) is 27.4 Å². The second-order valence-corrected chi connectivity index (χ2v) is 6.88. The lowest BCUT2D eigenvalue weighted by molar-refractivity contribution is -0.0770. The first-order valence-electron chi connectivity index (χ1n) is 8.24. The summed E-state index contributed by atoms with van der Waals surface area (Å²) in [7, 11) is 1.61. The minimum atomic E-state index is -0.481. The number of aromatic amines is 1. The number of fused-ring (bicyclic) bond motifs is 1. The fraction of sp³-hybridized carbons (Fsp3) is 0.278. The molecule has 4 rings (SSSR count). The minimum Gasteiger partial charge on any atom is -0.370 e. The van der Waals surface area contributed by atoms with Crippen molar-refractivity contribution in [2.24, 2.45) is 0 Å². The SMILES string of the molecule is COC(c1[nH]ncc1C(=O)N1CCCO1)c1ccnc2cc(Br)ccc12. The van der Waals surface area contributed by atoms with E-state index in [4.69, 9.17) is 9.57 Å². The van der Waals surface area contributed by atoms with Gasteiger partial charge in [0.15, 0.2) is 0 Å². The number of carbonyl (C=O) groups excluding carboxylic acids is 1. The number of amides is 1. The van der Waals surface area contributed by atoms with Crippen LogP contribution in [-0.4, -0.2) is 46.4 Å². The van der Waals surface area contributed by atoms with Gasteiger partial charge in [-0.2, -0.15) is 5.10 Å². The average molecular weight is 417 g/mol. The van der Waals surface area contributed by atoms with Crippen molar-refractivity contribution in [2.45, 2.75) is 12.5 Å². The third kappa shape index (κ3) is 3.00. The molecule has 1 saturated heterocycles. The maximum atomic E-state index is 12.8. The number of aromatic nitrogens is 3. The van der Waals surface area contributed by atoms with E-state index >= 15 is 0 Å². The van der Waals surface area contributed by atoms with E-state index in [-0.39, 0.29) is 5.91 Å². The number of halogens is 1. The molecule has 1 unspecified atom stereocenters. The van der Waals surface area contributed by atoms with Gasteiger partial charge in [0, 0.05) is 23.2 Å². The Morgan fingerprint density at radius 1 is 1.42 bits per heavy atom. The van der Waals surface area contributed by atoms with Gasteiger partial charge in [0.1, 0.15) is 6.10 Å². The zero-order valence-corrected chi connectivity index (χ0v) is 15.7. The Balaban J connectivity index is 1.78. The second kappa shape index (κ2) is 7.14. The van der Waals surface area contributed by atoms with Gasteiger partial charge in [0.2, 0.25) is 0 Å². The number of nitrogens with zero attached hydrogens (tertiary/aromatic N) is 3. The molecule has 1 N–H and O–H groups in total. The summed E-state index contributed by atoms with van der Waals surface area (Å²) in [5.74, 6) is -0.214. The largest absolute Gasteiger partial charge is 0.370 e. The molecule has 134 valence electrons. The molecule has 7 nitrogen and oxygen atoms in total. The first-order valence-corrected chi connectivity index (χ1v) is 9.03. The third-order valence-electron chi connectivity index (χ3n) is 4.40. The van der Waals surface area contributed by atoms with Gasteiger partial charge in [-0.25, -0.2) is 5.06 Å². The van der Waals surface area contributed by atoms with Crippen LogP contribution in [0, 0.1) is 0 Å². The summed E-state index contributed by atoms with van der Waals surface area (Å²) in [6.45, 7) is 1.13. The van der Waals surface area contributed by atoms with Gasteiger partial charge in [0.25, 0.3) is 5.91 Å². The van der Waals surface area contributed by atoms with E-state index in [1.807, 2.05) is 24.3 Å². The van der Waals surface area contributed by atoms with Crippen molar-refractivity contribution in [3.63, 3.8) is 0 Å². The summed E-state index contributed by atoms with van der Waals surface area (Å²) in [5.41, 5.74) is 2.80. The van der Waals surface area contributed by atoms with Crippen LogP contribution in [-0.2, 0) is 9.57 Å². The number of benzene rings is 1. The van der Waals surface area contributed by atoms with E-state index in [1.165, 1.54) is 11.3 Å². The van der Waals surface area contributed by atoms with Crippen LogP contribution in [0.15, 0.2) is 41.1 Å². The first-order chi connectivity index (χ1) is 12.7. The molecular weight excluding hydrogens is 400 g/mol. The Labute approximate surface area is 158 Å².